The molecule has 2 aromatic carbocycles. The fourth-order valence-corrected chi connectivity index (χ4v) is 1.74. The van der Waals surface area contributed by atoms with E-state index in [2.05, 4.69) is 0 Å². The molecular weight excluding hydrogens is 278 g/mol. The van der Waals surface area contributed by atoms with Crippen molar-refractivity contribution in [1.29, 1.82) is 0 Å². The molecule has 0 aromatic heterocycles. The Labute approximate surface area is 114 Å². The van der Waals surface area contributed by atoms with Gasteiger partial charge < -0.3 is 9.84 Å². The lowest BCUT2D eigenvalue weighted by molar-refractivity contribution is 0.281. The Morgan fingerprint density at radius 1 is 1.11 bits per heavy atom. The molecule has 0 atom stereocenters. The number of ether oxygens (including phenoxy) is 1. The van der Waals surface area contributed by atoms with Crippen molar-refractivity contribution in [2.24, 2.45) is 0 Å². The molecule has 0 aliphatic rings. The van der Waals surface area contributed by atoms with Gasteiger partial charge in [0.1, 0.15) is 10.8 Å². The minimum absolute atomic E-state index is 0.0244. The summed E-state index contributed by atoms with van der Waals surface area (Å²) in [4.78, 5) is 0. The van der Waals surface area contributed by atoms with Crippen LogP contribution in [0.2, 0.25) is 10.0 Å². The van der Waals surface area contributed by atoms with Gasteiger partial charge >= 0.3 is 0 Å². The Kier molecular flexibility index (Phi) is 4.07. The third-order valence-electron chi connectivity index (χ3n) is 2.31. The molecule has 5 heteroatoms. The van der Waals surface area contributed by atoms with Crippen LogP contribution < -0.4 is 4.74 Å². The predicted octanol–water partition coefficient (Wildman–Crippen LogP) is 4.42. The highest BCUT2D eigenvalue weighted by molar-refractivity contribution is 6.42. The molecule has 0 radical (unpaired) electrons. The number of aliphatic hydroxyl groups excluding tert-OH is 1. The van der Waals surface area contributed by atoms with E-state index < -0.39 is 5.82 Å². The Bertz CT molecular complexity index is 573. The van der Waals surface area contributed by atoms with Crippen LogP contribution in [-0.2, 0) is 6.61 Å². The second kappa shape index (κ2) is 5.57. The number of halogens is 3. The molecule has 2 nitrogen and oxygen atoms in total. The molecule has 0 fully saturated rings. The SMILES string of the molecule is OCc1ccc(Oc2cccc(Cl)c2Cl)c(F)c1. The molecule has 0 heterocycles. The number of hydrogen-bond donors (Lipinski definition) is 1. The van der Waals surface area contributed by atoms with Crippen molar-refractivity contribution in [1.82, 2.24) is 0 Å². The third-order valence-corrected chi connectivity index (χ3v) is 3.12. The molecule has 94 valence electrons. The summed E-state index contributed by atoms with van der Waals surface area (Å²) in [6, 6.07) is 9.06. The molecule has 18 heavy (non-hydrogen) atoms. The van der Waals surface area contributed by atoms with E-state index >= 15 is 0 Å². The second-order valence-corrected chi connectivity index (χ2v) is 4.36. The van der Waals surface area contributed by atoms with Gasteiger partial charge in [0.15, 0.2) is 11.6 Å². The van der Waals surface area contributed by atoms with Crippen molar-refractivity contribution in [2.45, 2.75) is 6.61 Å². The normalized spacial score (nSPS) is 10.4. The van der Waals surface area contributed by atoms with Gasteiger partial charge in [0.25, 0.3) is 0 Å². The highest BCUT2D eigenvalue weighted by Crippen LogP contribution is 2.35. The zero-order valence-electron chi connectivity index (χ0n) is 9.16. The molecular formula is C13H9Cl2FO2. The quantitative estimate of drug-likeness (QED) is 0.905. The van der Waals surface area contributed by atoms with Crippen molar-refractivity contribution in [2.75, 3.05) is 0 Å². The highest BCUT2D eigenvalue weighted by atomic mass is 35.5. The van der Waals surface area contributed by atoms with Crippen molar-refractivity contribution in [3.8, 4) is 11.5 Å². The van der Waals surface area contributed by atoms with E-state index in [1.165, 1.54) is 12.1 Å². The van der Waals surface area contributed by atoms with Gasteiger partial charge in [-0.15, -0.1) is 0 Å². The molecule has 0 bridgehead atoms. The van der Waals surface area contributed by atoms with Crippen LogP contribution in [0.4, 0.5) is 4.39 Å². The van der Waals surface area contributed by atoms with Gasteiger partial charge in [0.05, 0.1) is 11.6 Å². The summed E-state index contributed by atoms with van der Waals surface area (Å²) >= 11 is 11.8. The maximum Gasteiger partial charge on any atom is 0.166 e. The largest absolute Gasteiger partial charge is 0.453 e. The number of aliphatic hydroxyl groups is 1. The van der Waals surface area contributed by atoms with Crippen LogP contribution >= 0.6 is 23.2 Å². The summed E-state index contributed by atoms with van der Waals surface area (Å²) in [5.74, 6) is -0.270. The summed E-state index contributed by atoms with van der Waals surface area (Å²) in [7, 11) is 0. The van der Waals surface area contributed by atoms with E-state index in [-0.39, 0.29) is 23.1 Å². The van der Waals surface area contributed by atoms with Gasteiger partial charge in [-0.1, -0.05) is 35.3 Å². The van der Waals surface area contributed by atoms with E-state index in [1.54, 1.807) is 24.3 Å². The predicted molar refractivity (Wildman–Crippen MR) is 68.9 cm³/mol. The van der Waals surface area contributed by atoms with E-state index in [4.69, 9.17) is 33.0 Å². The number of rotatable bonds is 3. The monoisotopic (exact) mass is 286 g/mol. The average molecular weight is 287 g/mol. The Morgan fingerprint density at radius 3 is 2.56 bits per heavy atom. The molecule has 2 rings (SSSR count). The lowest BCUT2D eigenvalue weighted by Crippen LogP contribution is -1.92. The maximum atomic E-state index is 13.6. The Balaban J connectivity index is 2.31. The first kappa shape index (κ1) is 13.1. The van der Waals surface area contributed by atoms with Gasteiger partial charge in [0.2, 0.25) is 0 Å². The lowest BCUT2D eigenvalue weighted by atomic mass is 10.2. The average Bonchev–Trinajstić information content (AvgIpc) is 2.37. The first-order valence-electron chi connectivity index (χ1n) is 5.13. The topological polar surface area (TPSA) is 29.5 Å². The molecule has 0 unspecified atom stereocenters. The maximum absolute atomic E-state index is 13.6. The molecule has 0 amide bonds. The smallest absolute Gasteiger partial charge is 0.166 e. The van der Waals surface area contributed by atoms with Crippen LogP contribution in [-0.4, -0.2) is 5.11 Å². The highest BCUT2D eigenvalue weighted by Gasteiger charge is 2.10. The zero-order chi connectivity index (χ0) is 13.1. The van der Waals surface area contributed by atoms with E-state index in [0.29, 0.717) is 10.6 Å². The fourth-order valence-electron chi connectivity index (χ4n) is 1.41. The van der Waals surface area contributed by atoms with E-state index in [9.17, 15) is 4.39 Å². The summed E-state index contributed by atoms with van der Waals surface area (Å²) in [6.45, 7) is -0.227. The van der Waals surface area contributed by atoms with Gasteiger partial charge in [-0.3, -0.25) is 0 Å². The van der Waals surface area contributed by atoms with Crippen LogP contribution in [0.3, 0.4) is 0 Å². The molecule has 0 aliphatic heterocycles. The van der Waals surface area contributed by atoms with Crippen molar-refractivity contribution >= 4 is 23.2 Å². The molecule has 0 spiro atoms. The van der Waals surface area contributed by atoms with Crippen LogP contribution in [0.15, 0.2) is 36.4 Å². The van der Waals surface area contributed by atoms with E-state index in [1.807, 2.05) is 0 Å². The van der Waals surface area contributed by atoms with Crippen LogP contribution in [0, 0.1) is 5.82 Å². The van der Waals surface area contributed by atoms with E-state index in [0.717, 1.165) is 0 Å². The first-order valence-corrected chi connectivity index (χ1v) is 5.88. The molecule has 0 saturated carbocycles. The molecule has 0 saturated heterocycles. The fraction of sp³-hybridized carbons (Fsp3) is 0.0769. The van der Waals surface area contributed by atoms with Crippen LogP contribution in [0.25, 0.3) is 0 Å². The first-order chi connectivity index (χ1) is 8.61. The molecule has 0 aliphatic carbocycles. The van der Waals surface area contributed by atoms with Gasteiger partial charge in [0, 0.05) is 0 Å². The number of benzene rings is 2. The molecule has 2 aromatic rings. The van der Waals surface area contributed by atoms with Crippen LogP contribution in [0.5, 0.6) is 11.5 Å². The summed E-state index contributed by atoms with van der Waals surface area (Å²) in [5.41, 5.74) is 0.469. The van der Waals surface area contributed by atoms with Gasteiger partial charge in [-0.2, -0.15) is 0 Å². The third kappa shape index (κ3) is 2.75. The summed E-state index contributed by atoms with van der Waals surface area (Å²) in [6.07, 6.45) is 0. The number of hydrogen-bond acceptors (Lipinski definition) is 2. The van der Waals surface area contributed by atoms with Gasteiger partial charge in [-0.05, 0) is 29.8 Å². The minimum Gasteiger partial charge on any atom is -0.453 e. The standard InChI is InChI=1S/C13H9Cl2FO2/c14-9-2-1-3-12(13(9)15)18-11-5-4-8(7-17)6-10(11)16/h1-6,17H,7H2. The van der Waals surface area contributed by atoms with Gasteiger partial charge in [-0.25, -0.2) is 4.39 Å². The van der Waals surface area contributed by atoms with Crippen molar-refractivity contribution in [3.63, 3.8) is 0 Å². The summed E-state index contributed by atoms with van der Waals surface area (Å²) in [5, 5.41) is 9.44. The van der Waals surface area contributed by atoms with Crippen molar-refractivity contribution in [3.05, 3.63) is 57.8 Å². The lowest BCUT2D eigenvalue weighted by Gasteiger charge is -2.09. The summed E-state index contributed by atoms with van der Waals surface area (Å²) < 4.78 is 19.0. The zero-order valence-corrected chi connectivity index (χ0v) is 10.7. The Morgan fingerprint density at radius 2 is 1.89 bits per heavy atom. The van der Waals surface area contributed by atoms with Crippen molar-refractivity contribution < 1.29 is 14.2 Å². The molecule has 1 N–H and O–H groups in total. The Hall–Kier alpha value is -1.29. The minimum atomic E-state index is -0.572. The second-order valence-electron chi connectivity index (χ2n) is 3.58. The van der Waals surface area contributed by atoms with Crippen LogP contribution in [0.1, 0.15) is 5.56 Å².